The maximum atomic E-state index is 13.6. The Labute approximate surface area is 529 Å². The van der Waals surface area contributed by atoms with E-state index in [1.54, 1.807) is 0 Å². The van der Waals surface area contributed by atoms with Crippen LogP contribution in [-0.2, 0) is 27.9 Å². The topological polar surface area (TPSA) is 114 Å². The van der Waals surface area contributed by atoms with Gasteiger partial charge in [0, 0.05) is 12.8 Å². The Morgan fingerprint density at radius 1 is 0.419 bits per heavy atom. The van der Waals surface area contributed by atoms with Gasteiger partial charge in [0.1, 0.15) is 19.3 Å². The van der Waals surface area contributed by atoms with Crippen LogP contribution in [0.5, 0.6) is 0 Å². The zero-order valence-electron chi connectivity index (χ0n) is 56.0. The lowest BCUT2D eigenvalue weighted by molar-refractivity contribution is -0.870. The summed E-state index contributed by atoms with van der Waals surface area (Å²) in [5.41, 5.74) is 0. The number of carbonyl (C=O) groups excluding carboxylic acids is 2. The van der Waals surface area contributed by atoms with E-state index in [1.165, 1.54) is 70.6 Å². The predicted molar refractivity (Wildman–Crippen MR) is 371 cm³/mol. The first kappa shape index (κ1) is 81.9. The van der Waals surface area contributed by atoms with E-state index in [2.05, 4.69) is 160 Å². The van der Waals surface area contributed by atoms with Crippen molar-refractivity contribution in [1.82, 2.24) is 5.32 Å². The highest BCUT2D eigenvalue weighted by molar-refractivity contribution is 7.45. The lowest BCUT2D eigenvalue weighted by Crippen LogP contribution is -2.47. The van der Waals surface area contributed by atoms with Gasteiger partial charge in [-0.25, -0.2) is 0 Å². The van der Waals surface area contributed by atoms with Crippen LogP contribution in [0.4, 0.5) is 0 Å². The summed E-state index contributed by atoms with van der Waals surface area (Å²) in [7, 11) is 1.15. The van der Waals surface area contributed by atoms with Crippen molar-refractivity contribution < 1.29 is 37.3 Å². The van der Waals surface area contributed by atoms with E-state index in [-0.39, 0.29) is 31.3 Å². The van der Waals surface area contributed by atoms with Gasteiger partial charge in [0.2, 0.25) is 5.91 Å². The van der Waals surface area contributed by atoms with Gasteiger partial charge in [0.15, 0.2) is 0 Å². The Morgan fingerprint density at radius 2 is 0.744 bits per heavy atom. The molecule has 0 fully saturated rings. The first-order chi connectivity index (χ1) is 41.9. The van der Waals surface area contributed by atoms with Crippen molar-refractivity contribution in [3.63, 3.8) is 0 Å². The van der Waals surface area contributed by atoms with Crippen molar-refractivity contribution in [3.05, 3.63) is 146 Å². The maximum absolute atomic E-state index is 13.6. The maximum Gasteiger partial charge on any atom is 0.306 e. The third-order valence-electron chi connectivity index (χ3n) is 14.5. The van der Waals surface area contributed by atoms with Crippen LogP contribution in [0.25, 0.3) is 0 Å². The van der Waals surface area contributed by atoms with Crippen molar-refractivity contribution in [2.75, 3.05) is 40.9 Å². The van der Waals surface area contributed by atoms with Gasteiger partial charge in [0.05, 0.1) is 33.8 Å². The molecule has 0 spiro atoms. The number of unbranched alkanes of at least 4 members (excludes halogenated alkanes) is 23. The second kappa shape index (κ2) is 63.9. The Bertz CT molecular complexity index is 1980. The molecule has 86 heavy (non-hydrogen) atoms. The second-order valence-electron chi connectivity index (χ2n) is 23.9. The molecule has 1 N–H and O–H groups in total. The SMILES string of the molecule is CC/C=C\C/C=C\C/C=C\C/C=C\C/C=C\C/C=C\CCCCCCCCC(=O)NC(COP(=O)([O-])OCC[N+](C)(C)C)C(/C=C/CCCCCCCCCCCC)OC(=O)CCCCCCCCC/C=C\C/C=C\C/C=C\C/C=C\C/C=C\CC. The molecule has 3 atom stereocenters. The monoisotopic (exact) mass is 1210 g/mol. The van der Waals surface area contributed by atoms with Gasteiger partial charge in [0.25, 0.3) is 7.82 Å². The first-order valence-electron chi connectivity index (χ1n) is 34.6. The van der Waals surface area contributed by atoms with Crippen molar-refractivity contribution in [3.8, 4) is 0 Å². The van der Waals surface area contributed by atoms with Crippen LogP contribution in [0.2, 0.25) is 0 Å². The van der Waals surface area contributed by atoms with Crippen LogP contribution >= 0.6 is 7.82 Å². The van der Waals surface area contributed by atoms with Crippen molar-refractivity contribution >= 4 is 19.7 Å². The molecule has 1 amide bonds. The molecule has 0 saturated carbocycles. The Kier molecular flexibility index (Phi) is 60.8. The lowest BCUT2D eigenvalue weighted by atomic mass is 10.0. The molecule has 0 bridgehead atoms. The first-order valence-corrected chi connectivity index (χ1v) is 36.1. The fourth-order valence-corrected chi connectivity index (χ4v) is 9.98. The van der Waals surface area contributed by atoms with Gasteiger partial charge in [-0.2, -0.15) is 0 Å². The van der Waals surface area contributed by atoms with Crippen LogP contribution in [0.15, 0.2) is 146 Å². The Hall–Kier alpha value is -4.11. The fraction of sp³-hybridized carbons (Fsp3) is 0.658. The van der Waals surface area contributed by atoms with E-state index in [9.17, 15) is 19.0 Å². The van der Waals surface area contributed by atoms with Gasteiger partial charge in [-0.05, 0) is 128 Å². The molecule has 0 saturated heterocycles. The van der Waals surface area contributed by atoms with E-state index in [0.717, 1.165) is 154 Å². The van der Waals surface area contributed by atoms with Gasteiger partial charge in [-0.15, -0.1) is 0 Å². The normalized spacial score (nSPS) is 14.5. The van der Waals surface area contributed by atoms with Gasteiger partial charge < -0.3 is 28.5 Å². The number of amides is 1. The van der Waals surface area contributed by atoms with Crippen LogP contribution in [0, 0.1) is 0 Å². The zero-order chi connectivity index (χ0) is 62.8. The summed E-state index contributed by atoms with van der Waals surface area (Å²) in [4.78, 5) is 40.2. The minimum Gasteiger partial charge on any atom is -0.756 e. The van der Waals surface area contributed by atoms with Crippen molar-refractivity contribution in [2.24, 2.45) is 0 Å². The molecule has 0 aromatic carbocycles. The quantitative estimate of drug-likeness (QED) is 0.0212. The second-order valence-corrected chi connectivity index (χ2v) is 25.3. The molecule has 0 heterocycles. The van der Waals surface area contributed by atoms with E-state index >= 15 is 0 Å². The molecule has 3 unspecified atom stereocenters. The Balaban J connectivity index is 5.19. The summed E-state index contributed by atoms with van der Waals surface area (Å²) in [5, 5.41) is 3.03. The predicted octanol–water partition coefficient (Wildman–Crippen LogP) is 21.5. The lowest BCUT2D eigenvalue weighted by Gasteiger charge is -2.30. The summed E-state index contributed by atoms with van der Waals surface area (Å²) in [6.07, 6.45) is 92.4. The summed E-state index contributed by atoms with van der Waals surface area (Å²) in [6.45, 7) is 6.59. The van der Waals surface area contributed by atoms with Crippen LogP contribution < -0.4 is 10.2 Å². The number of nitrogens with zero attached hydrogens (tertiary/aromatic N) is 1. The number of phosphoric acid groups is 1. The standard InChI is InChI=1S/C76H129N2O7P/c1-7-10-13-16-19-22-25-28-30-32-34-36-38-39-41-42-44-46-48-50-53-56-59-62-65-68-75(79)77-73(72-84-86(81,82)83-71-70-78(4,5)6)74(67-64-61-58-55-52-27-24-21-18-15-12-9-3)85-76(80)69-66-63-60-57-54-51-49-47-45-43-40-37-35-33-31-29-26-23-20-17-14-11-8-2/h10-11,13-14,19-20,22-23,28-31,34-37,39,41,43-46,64,67,73-74H,7-9,12,15-18,21,24-27,32-33,38,40,42,47-63,65-66,68-72H2,1-6H3,(H-,77,79,81,82)/b13-10-,14-11-,22-19-,23-20-,30-28-,31-29-,36-34-,37-35-,41-39-,45-43-,46-44-,67-64+. The smallest absolute Gasteiger partial charge is 0.306 e. The summed E-state index contributed by atoms with van der Waals surface area (Å²) < 4.78 is 30.4. The Morgan fingerprint density at radius 3 is 1.12 bits per heavy atom. The van der Waals surface area contributed by atoms with Crippen LogP contribution in [0.3, 0.4) is 0 Å². The van der Waals surface area contributed by atoms with E-state index in [1.807, 2.05) is 33.3 Å². The number of hydrogen-bond donors (Lipinski definition) is 1. The number of nitrogens with one attached hydrogen (secondary N) is 1. The molecular weight excluding hydrogens is 1080 g/mol. The molecule has 0 aromatic heterocycles. The van der Waals surface area contributed by atoms with E-state index < -0.39 is 26.6 Å². The molecule has 0 aromatic rings. The third kappa shape index (κ3) is 64.4. The molecular formula is C76H129N2O7P. The fourth-order valence-electron chi connectivity index (χ4n) is 9.26. The van der Waals surface area contributed by atoms with Gasteiger partial charge in [-0.3, -0.25) is 14.2 Å². The largest absolute Gasteiger partial charge is 0.756 e. The highest BCUT2D eigenvalue weighted by Gasteiger charge is 2.27. The van der Waals surface area contributed by atoms with E-state index in [0.29, 0.717) is 23.9 Å². The van der Waals surface area contributed by atoms with Gasteiger partial charge >= 0.3 is 5.97 Å². The van der Waals surface area contributed by atoms with Crippen LogP contribution in [-0.4, -0.2) is 69.4 Å². The molecule has 0 aliphatic carbocycles. The number of ether oxygens (including phenoxy) is 1. The third-order valence-corrected chi connectivity index (χ3v) is 15.5. The molecule has 10 heteroatoms. The van der Waals surface area contributed by atoms with E-state index in [4.69, 9.17) is 13.8 Å². The number of phosphoric ester groups is 1. The molecule has 0 rings (SSSR count). The summed E-state index contributed by atoms with van der Waals surface area (Å²) in [5.74, 6) is -0.579. The number of allylic oxidation sites excluding steroid dienone is 23. The minimum atomic E-state index is -4.72. The number of likely N-dealkylation sites (N-methyl/N-ethyl adjacent to an activating group) is 1. The highest BCUT2D eigenvalue weighted by atomic mass is 31.2. The summed E-state index contributed by atoms with van der Waals surface area (Å²) >= 11 is 0. The molecule has 0 aliphatic rings. The highest BCUT2D eigenvalue weighted by Crippen LogP contribution is 2.38. The number of carbonyl (C=O) groups is 2. The zero-order valence-corrected chi connectivity index (χ0v) is 56.9. The molecule has 9 nitrogen and oxygen atoms in total. The summed E-state index contributed by atoms with van der Waals surface area (Å²) in [6, 6.07) is -0.914. The van der Waals surface area contributed by atoms with Crippen LogP contribution in [0.1, 0.15) is 271 Å². The van der Waals surface area contributed by atoms with Crippen molar-refractivity contribution in [1.29, 1.82) is 0 Å². The molecule has 0 aliphatic heterocycles. The average Bonchev–Trinajstić information content (AvgIpc) is 3.69. The number of quaternary nitrogens is 1. The average molecular weight is 1210 g/mol. The van der Waals surface area contributed by atoms with Gasteiger partial charge in [-0.1, -0.05) is 276 Å². The molecule has 490 valence electrons. The van der Waals surface area contributed by atoms with Crippen molar-refractivity contribution in [2.45, 2.75) is 283 Å². The number of esters is 1. The number of rotatable bonds is 61. The number of hydrogen-bond acceptors (Lipinski definition) is 7. The molecule has 0 radical (unpaired) electrons. The minimum absolute atomic E-state index is 0.0356.